The topological polar surface area (TPSA) is 83.3 Å². The highest BCUT2D eigenvalue weighted by atomic mass is 32.1. The van der Waals surface area contributed by atoms with Crippen LogP contribution in [0.15, 0.2) is 16.7 Å². The van der Waals surface area contributed by atoms with E-state index in [9.17, 15) is 0 Å². The van der Waals surface area contributed by atoms with Crippen molar-refractivity contribution >= 4 is 22.4 Å². The van der Waals surface area contributed by atoms with Crippen molar-refractivity contribution in [3.63, 3.8) is 0 Å². The lowest BCUT2D eigenvalue weighted by molar-refractivity contribution is 0.393. The van der Waals surface area contributed by atoms with E-state index in [-0.39, 0.29) is 0 Å². The molecule has 2 aliphatic rings. The van der Waals surface area contributed by atoms with E-state index in [1.807, 2.05) is 4.68 Å². The normalized spacial score (nSPS) is 20.0. The summed E-state index contributed by atoms with van der Waals surface area (Å²) in [6.07, 6.45) is 7.09. The Morgan fingerprint density at radius 1 is 1.37 bits per heavy atom. The molecule has 0 radical (unpaired) electrons. The third-order valence-corrected chi connectivity index (χ3v) is 5.99. The molecule has 2 aromatic rings. The first-order chi connectivity index (χ1) is 13.3. The van der Waals surface area contributed by atoms with Crippen molar-refractivity contribution in [2.45, 2.75) is 51.6 Å². The number of aromatic nitrogens is 4. The van der Waals surface area contributed by atoms with Crippen LogP contribution in [-0.4, -0.2) is 57.9 Å². The van der Waals surface area contributed by atoms with E-state index in [4.69, 9.17) is 9.98 Å². The molecular weight excluding hydrogens is 360 g/mol. The molecule has 1 atom stereocenters. The van der Waals surface area contributed by atoms with Gasteiger partial charge in [-0.05, 0) is 26.2 Å². The number of hydrogen-bond acceptors (Lipinski definition) is 6. The average Bonchev–Trinajstić information content (AvgIpc) is 3.42. The molecule has 0 aliphatic carbocycles. The van der Waals surface area contributed by atoms with Crippen LogP contribution in [0.4, 0.5) is 5.13 Å². The molecule has 4 heterocycles. The Morgan fingerprint density at radius 2 is 2.26 bits per heavy atom. The quantitative estimate of drug-likeness (QED) is 0.576. The van der Waals surface area contributed by atoms with E-state index in [2.05, 4.69) is 37.9 Å². The molecule has 4 rings (SSSR count). The Balaban J connectivity index is 1.30. The van der Waals surface area contributed by atoms with Crippen LogP contribution < -0.4 is 15.5 Å². The van der Waals surface area contributed by atoms with Gasteiger partial charge in [-0.1, -0.05) is 0 Å². The number of aliphatic imine (C=N–C) groups is 1. The van der Waals surface area contributed by atoms with Gasteiger partial charge in [0.15, 0.2) is 11.1 Å². The third-order valence-electron chi connectivity index (χ3n) is 5.04. The summed E-state index contributed by atoms with van der Waals surface area (Å²) in [6.45, 7) is 6.81. The Labute approximate surface area is 164 Å². The fraction of sp³-hybridized carbons (Fsp3) is 0.667. The lowest BCUT2D eigenvalue weighted by atomic mass is 10.1. The highest BCUT2D eigenvalue weighted by Gasteiger charge is 2.20. The lowest BCUT2D eigenvalue weighted by Gasteiger charge is -2.25. The molecule has 2 aliphatic heterocycles. The summed E-state index contributed by atoms with van der Waals surface area (Å²) in [5, 5.41) is 14.5. The van der Waals surface area contributed by atoms with Crippen LogP contribution in [0, 0.1) is 0 Å². The molecule has 2 aromatic heterocycles. The fourth-order valence-corrected chi connectivity index (χ4v) is 4.53. The summed E-state index contributed by atoms with van der Waals surface area (Å²) in [4.78, 5) is 16.2. The molecular formula is C18H28N8S. The number of rotatable bonds is 6. The van der Waals surface area contributed by atoms with E-state index in [0.717, 1.165) is 69.5 Å². The molecule has 146 valence electrons. The predicted molar refractivity (Wildman–Crippen MR) is 109 cm³/mol. The Morgan fingerprint density at radius 3 is 3.11 bits per heavy atom. The number of nitrogens with zero attached hydrogens (tertiary/aromatic N) is 6. The summed E-state index contributed by atoms with van der Waals surface area (Å²) in [7, 11) is 0. The first kappa shape index (κ1) is 18.2. The number of thiazole rings is 1. The van der Waals surface area contributed by atoms with E-state index in [0.29, 0.717) is 6.04 Å². The summed E-state index contributed by atoms with van der Waals surface area (Å²) in [6, 6.07) is 0.332. The van der Waals surface area contributed by atoms with E-state index in [1.165, 1.54) is 18.0 Å². The highest BCUT2D eigenvalue weighted by molar-refractivity contribution is 7.13. The van der Waals surface area contributed by atoms with Crippen molar-refractivity contribution in [1.82, 2.24) is 30.4 Å². The summed E-state index contributed by atoms with van der Waals surface area (Å²) in [5.74, 6) is 1.95. The monoisotopic (exact) mass is 388 g/mol. The number of anilines is 1. The van der Waals surface area contributed by atoms with E-state index >= 15 is 0 Å². The minimum atomic E-state index is 0.332. The second kappa shape index (κ2) is 8.69. The molecule has 1 fully saturated rings. The minimum absolute atomic E-state index is 0.332. The SMILES string of the molecule is CCNC(=NCCc1csc(N2CCCC2)n1)NC1CCc2ncnn2C1. The first-order valence-electron chi connectivity index (χ1n) is 9.92. The molecule has 0 amide bonds. The molecule has 0 bridgehead atoms. The Hall–Kier alpha value is -2.16. The minimum Gasteiger partial charge on any atom is -0.357 e. The fourth-order valence-electron chi connectivity index (χ4n) is 3.62. The summed E-state index contributed by atoms with van der Waals surface area (Å²) in [5.41, 5.74) is 1.14. The van der Waals surface area contributed by atoms with E-state index < -0.39 is 0 Å². The number of hydrogen-bond donors (Lipinski definition) is 2. The second-order valence-corrected chi connectivity index (χ2v) is 7.90. The zero-order valence-corrected chi connectivity index (χ0v) is 16.7. The number of nitrogens with one attached hydrogen (secondary N) is 2. The average molecular weight is 389 g/mol. The molecule has 1 saturated heterocycles. The van der Waals surface area contributed by atoms with E-state index in [1.54, 1.807) is 17.7 Å². The van der Waals surface area contributed by atoms with Gasteiger partial charge in [0.05, 0.1) is 12.2 Å². The molecule has 0 spiro atoms. The van der Waals surface area contributed by atoms with Crippen molar-refractivity contribution in [3.05, 3.63) is 23.2 Å². The zero-order valence-electron chi connectivity index (χ0n) is 15.9. The van der Waals surface area contributed by atoms with Crippen LogP contribution in [0.5, 0.6) is 0 Å². The van der Waals surface area contributed by atoms with Crippen molar-refractivity contribution in [3.8, 4) is 0 Å². The number of guanidine groups is 1. The standard InChI is InChI=1S/C18H28N8S/c1-2-19-17(23-14-5-6-16-21-13-22-26(16)11-14)20-8-7-15-12-27-18(24-15)25-9-3-4-10-25/h12-14H,2-11H2,1H3,(H2,19,20,23). The largest absolute Gasteiger partial charge is 0.357 e. The van der Waals surface area contributed by atoms with Gasteiger partial charge in [0.2, 0.25) is 0 Å². The Bertz CT molecular complexity index is 761. The molecule has 0 saturated carbocycles. The molecule has 0 aromatic carbocycles. The van der Waals surface area contributed by atoms with Crippen molar-refractivity contribution in [1.29, 1.82) is 0 Å². The molecule has 1 unspecified atom stereocenters. The highest BCUT2D eigenvalue weighted by Crippen LogP contribution is 2.24. The maximum atomic E-state index is 4.79. The zero-order chi connectivity index (χ0) is 18.5. The van der Waals surface area contributed by atoms with Crippen LogP contribution >= 0.6 is 11.3 Å². The maximum Gasteiger partial charge on any atom is 0.191 e. The van der Waals surface area contributed by atoms with Crippen LogP contribution in [0.2, 0.25) is 0 Å². The van der Waals surface area contributed by atoms with Gasteiger partial charge in [-0.25, -0.2) is 14.6 Å². The van der Waals surface area contributed by atoms with Crippen LogP contribution in [0.25, 0.3) is 0 Å². The number of fused-ring (bicyclic) bond motifs is 1. The van der Waals surface area contributed by atoms with Crippen LogP contribution in [0.3, 0.4) is 0 Å². The van der Waals surface area contributed by atoms with Crippen LogP contribution in [0.1, 0.15) is 37.7 Å². The van der Waals surface area contributed by atoms with Gasteiger partial charge in [0.25, 0.3) is 0 Å². The van der Waals surface area contributed by atoms with Crippen molar-refractivity contribution < 1.29 is 0 Å². The Kier molecular flexibility index (Phi) is 5.86. The van der Waals surface area contributed by atoms with Gasteiger partial charge in [-0.2, -0.15) is 5.10 Å². The number of aryl methyl sites for hydroxylation is 1. The van der Waals surface area contributed by atoms with Gasteiger partial charge in [0, 0.05) is 50.4 Å². The first-order valence-corrected chi connectivity index (χ1v) is 10.8. The third kappa shape index (κ3) is 4.58. The van der Waals surface area contributed by atoms with Gasteiger partial charge < -0.3 is 15.5 Å². The van der Waals surface area contributed by atoms with Gasteiger partial charge in [0.1, 0.15) is 12.2 Å². The molecule has 9 heteroatoms. The van der Waals surface area contributed by atoms with Gasteiger partial charge in [-0.3, -0.25) is 4.99 Å². The molecule has 27 heavy (non-hydrogen) atoms. The van der Waals surface area contributed by atoms with Crippen molar-refractivity contribution in [2.75, 3.05) is 31.1 Å². The van der Waals surface area contributed by atoms with Gasteiger partial charge in [-0.15, -0.1) is 11.3 Å². The summed E-state index contributed by atoms with van der Waals surface area (Å²) >= 11 is 1.76. The van der Waals surface area contributed by atoms with Crippen molar-refractivity contribution in [2.24, 2.45) is 4.99 Å². The van der Waals surface area contributed by atoms with Crippen LogP contribution in [-0.2, 0) is 19.4 Å². The summed E-state index contributed by atoms with van der Waals surface area (Å²) < 4.78 is 1.99. The predicted octanol–water partition coefficient (Wildman–Crippen LogP) is 1.45. The lowest BCUT2D eigenvalue weighted by Crippen LogP contribution is -2.47. The molecule has 2 N–H and O–H groups in total. The second-order valence-electron chi connectivity index (χ2n) is 7.06. The smallest absolute Gasteiger partial charge is 0.191 e. The maximum absolute atomic E-state index is 4.79. The van der Waals surface area contributed by atoms with Gasteiger partial charge >= 0.3 is 0 Å². The molecule has 8 nitrogen and oxygen atoms in total.